The van der Waals surface area contributed by atoms with E-state index in [-0.39, 0.29) is 11.7 Å². The van der Waals surface area contributed by atoms with Gasteiger partial charge in [-0.2, -0.15) is 13.2 Å². The zero-order valence-corrected chi connectivity index (χ0v) is 16.7. The summed E-state index contributed by atoms with van der Waals surface area (Å²) < 4.78 is 42.3. The van der Waals surface area contributed by atoms with Crippen LogP contribution >= 0.6 is 23.4 Å². The van der Waals surface area contributed by atoms with E-state index < -0.39 is 23.1 Å². The second kappa shape index (κ2) is 8.75. The molecule has 0 unspecified atom stereocenters. The van der Waals surface area contributed by atoms with Gasteiger partial charge >= 0.3 is 5.51 Å². The van der Waals surface area contributed by atoms with E-state index in [1.165, 1.54) is 16.8 Å². The van der Waals surface area contributed by atoms with E-state index >= 15 is 0 Å². The number of aromatic nitrogens is 1. The lowest BCUT2D eigenvalue weighted by atomic mass is 10.2. The number of carbonyl (C=O) groups is 1. The number of halogens is 3. The molecule has 3 aromatic rings. The number of nitrogens with one attached hydrogen (secondary N) is 1. The third-order valence-electron chi connectivity index (χ3n) is 3.77. The van der Waals surface area contributed by atoms with E-state index in [0.29, 0.717) is 22.0 Å². The summed E-state index contributed by atoms with van der Waals surface area (Å²) in [5, 5.41) is 3.31. The van der Waals surface area contributed by atoms with Gasteiger partial charge in [-0.25, -0.2) is 0 Å². The first-order chi connectivity index (χ1) is 13.7. The molecule has 1 amide bonds. The van der Waals surface area contributed by atoms with Crippen LogP contribution in [0.15, 0.2) is 59.5 Å². The van der Waals surface area contributed by atoms with Gasteiger partial charge in [0.05, 0.1) is 4.88 Å². The first-order valence-electron chi connectivity index (χ1n) is 8.31. The van der Waals surface area contributed by atoms with Crippen LogP contribution in [-0.4, -0.2) is 16.0 Å². The van der Waals surface area contributed by atoms with Crippen molar-refractivity contribution in [1.29, 1.82) is 0 Å². The molecule has 10 heteroatoms. The van der Waals surface area contributed by atoms with Gasteiger partial charge in [0.2, 0.25) is 0 Å². The second-order valence-electron chi connectivity index (χ2n) is 5.95. The zero-order chi connectivity index (χ0) is 21.0. The Bertz CT molecular complexity index is 1060. The van der Waals surface area contributed by atoms with E-state index in [9.17, 15) is 22.8 Å². The molecule has 0 aliphatic carbocycles. The predicted octanol–water partition coefficient (Wildman–Crippen LogP) is 4.68. The zero-order valence-electron chi connectivity index (χ0n) is 15.0. The molecule has 1 N–H and O–H groups in total. The summed E-state index contributed by atoms with van der Waals surface area (Å²) in [5.74, 6) is -0.472. The van der Waals surface area contributed by atoms with Crippen molar-refractivity contribution in [2.75, 3.05) is 0 Å². The highest BCUT2D eigenvalue weighted by Gasteiger charge is 2.31. The molecule has 0 fully saturated rings. The minimum atomic E-state index is -4.57. The number of alkyl halides is 3. The highest BCUT2D eigenvalue weighted by molar-refractivity contribution is 7.95. The molecule has 152 valence electrons. The molecular weight excluding hydrogens is 425 g/mol. The van der Waals surface area contributed by atoms with Gasteiger partial charge in [0.15, 0.2) is 12.0 Å². The molecule has 0 saturated carbocycles. The molecule has 5 nitrogen and oxygen atoms in total. The summed E-state index contributed by atoms with van der Waals surface area (Å²) >= 11 is 0.431. The molecule has 2 heterocycles. The summed E-state index contributed by atoms with van der Waals surface area (Å²) in [5.41, 5.74) is -3.49. The third-order valence-corrected chi connectivity index (χ3v) is 5.47. The van der Waals surface area contributed by atoms with Crippen LogP contribution in [0.4, 0.5) is 13.2 Å². The molecule has 0 atom stereocenters. The number of rotatable bonds is 6. The molecule has 0 radical (unpaired) electrons. The lowest BCUT2D eigenvalue weighted by molar-refractivity contribution is -0.0369. The lowest BCUT2D eigenvalue weighted by Gasteiger charge is -2.07. The topological polar surface area (TPSA) is 60.3 Å². The van der Waals surface area contributed by atoms with Crippen molar-refractivity contribution >= 4 is 29.3 Å². The van der Waals surface area contributed by atoms with Gasteiger partial charge in [0.1, 0.15) is 10.8 Å². The average Bonchev–Trinajstić information content (AvgIpc) is 3.06. The molecular formula is C19H15F3N2O3S2. The van der Waals surface area contributed by atoms with Gasteiger partial charge in [0, 0.05) is 18.8 Å². The second-order valence-corrected chi connectivity index (χ2v) is 7.78. The highest BCUT2D eigenvalue weighted by atomic mass is 32.2. The Morgan fingerprint density at radius 1 is 1.21 bits per heavy atom. The monoisotopic (exact) mass is 440 g/mol. The third kappa shape index (κ3) is 5.64. The van der Waals surface area contributed by atoms with Gasteiger partial charge in [0.25, 0.3) is 11.5 Å². The Labute approximate surface area is 172 Å². The molecule has 0 bridgehead atoms. The Morgan fingerprint density at radius 2 is 1.93 bits per heavy atom. The number of thiophene rings is 1. The summed E-state index contributed by atoms with van der Waals surface area (Å²) in [6.45, 7) is 2.12. The maximum atomic E-state index is 12.5. The quantitative estimate of drug-likeness (QED) is 0.566. The maximum absolute atomic E-state index is 12.5. The predicted molar refractivity (Wildman–Crippen MR) is 107 cm³/mol. The fourth-order valence-electron chi connectivity index (χ4n) is 2.46. The van der Waals surface area contributed by atoms with Gasteiger partial charge in [-0.05, 0) is 30.2 Å². The van der Waals surface area contributed by atoms with Gasteiger partial charge < -0.3 is 9.50 Å². The molecule has 1 aromatic carbocycles. The highest BCUT2D eigenvalue weighted by Crippen LogP contribution is 2.32. The van der Waals surface area contributed by atoms with Gasteiger partial charge in [-0.1, -0.05) is 30.3 Å². The Kier molecular flexibility index (Phi) is 6.33. The molecule has 29 heavy (non-hydrogen) atoms. The van der Waals surface area contributed by atoms with Gasteiger partial charge in [-0.3, -0.25) is 14.2 Å². The lowest BCUT2D eigenvalue weighted by Crippen LogP contribution is -2.22. The summed E-state index contributed by atoms with van der Waals surface area (Å²) in [6, 6.07) is 13.3. The Balaban J connectivity index is 1.74. The van der Waals surface area contributed by atoms with E-state index in [1.54, 1.807) is 13.0 Å². The number of aryl methyl sites for hydroxylation is 1. The van der Waals surface area contributed by atoms with Crippen LogP contribution in [0.5, 0.6) is 5.75 Å². The van der Waals surface area contributed by atoms with Crippen LogP contribution in [0.1, 0.15) is 20.8 Å². The van der Waals surface area contributed by atoms with E-state index in [4.69, 9.17) is 0 Å². The van der Waals surface area contributed by atoms with Crippen LogP contribution in [-0.2, 0) is 6.54 Å². The average molecular weight is 440 g/mol. The van der Waals surface area contributed by atoms with E-state index in [0.717, 1.165) is 23.0 Å². The molecule has 0 aliphatic rings. The first kappa shape index (κ1) is 21.0. The SMILES string of the molecule is Cc1cc(-n2ccc(OSC(F)(F)F)cc2=O)sc1C(=O)NCc1ccccc1. The van der Waals surface area contributed by atoms with Crippen LogP contribution in [0.3, 0.4) is 0 Å². The van der Waals surface area contributed by atoms with Crippen LogP contribution < -0.4 is 15.1 Å². The van der Waals surface area contributed by atoms with Crippen LogP contribution in [0, 0.1) is 6.92 Å². The normalized spacial score (nSPS) is 11.3. The molecule has 2 aromatic heterocycles. The van der Waals surface area contributed by atoms with Crippen LogP contribution in [0.25, 0.3) is 5.00 Å². The fourth-order valence-corrected chi connectivity index (χ4v) is 3.83. The number of amides is 1. The van der Waals surface area contributed by atoms with Crippen molar-refractivity contribution in [3.8, 4) is 10.8 Å². The number of nitrogens with zero attached hydrogens (tertiary/aromatic N) is 1. The fraction of sp³-hybridized carbons (Fsp3) is 0.158. The minimum Gasteiger partial charge on any atom is -0.417 e. The Morgan fingerprint density at radius 3 is 2.59 bits per heavy atom. The molecule has 3 rings (SSSR count). The van der Waals surface area contributed by atoms with Crippen LogP contribution in [0.2, 0.25) is 0 Å². The standard InChI is InChI=1S/C19H15F3N2O3S2/c1-12-9-16(24-8-7-14(10-15(24)25)27-29-19(20,21)22)28-17(12)18(26)23-11-13-5-3-2-4-6-13/h2-10H,11H2,1H3,(H,23,26). The van der Waals surface area contributed by atoms with E-state index in [1.807, 2.05) is 30.3 Å². The minimum absolute atomic E-state index is 0.206. The number of carbonyl (C=O) groups excluding carboxylic acids is 1. The largest absolute Gasteiger partial charge is 0.479 e. The molecule has 0 spiro atoms. The maximum Gasteiger partial charge on any atom is 0.479 e. The van der Waals surface area contributed by atoms with E-state index in [2.05, 4.69) is 9.50 Å². The number of pyridine rings is 1. The first-order valence-corrected chi connectivity index (χ1v) is 9.87. The number of hydrogen-bond acceptors (Lipinski definition) is 5. The smallest absolute Gasteiger partial charge is 0.417 e. The van der Waals surface area contributed by atoms with Crippen molar-refractivity contribution in [1.82, 2.24) is 9.88 Å². The van der Waals surface area contributed by atoms with Crippen molar-refractivity contribution in [3.05, 3.63) is 81.1 Å². The molecule has 0 aliphatic heterocycles. The summed E-state index contributed by atoms with van der Waals surface area (Å²) in [6.07, 6.45) is 1.31. The Hall–Kier alpha value is -2.72. The summed E-state index contributed by atoms with van der Waals surface area (Å²) in [4.78, 5) is 25.2. The summed E-state index contributed by atoms with van der Waals surface area (Å²) in [7, 11) is 0. The number of benzene rings is 1. The van der Waals surface area contributed by atoms with Crippen molar-refractivity contribution in [2.24, 2.45) is 0 Å². The molecule has 0 saturated heterocycles. The van der Waals surface area contributed by atoms with Gasteiger partial charge in [-0.15, -0.1) is 11.3 Å². The number of hydrogen-bond donors (Lipinski definition) is 1. The van der Waals surface area contributed by atoms with Crippen molar-refractivity contribution < 1.29 is 22.1 Å². The van der Waals surface area contributed by atoms with Crippen molar-refractivity contribution in [3.63, 3.8) is 0 Å². The van der Waals surface area contributed by atoms with Crippen molar-refractivity contribution in [2.45, 2.75) is 19.0 Å².